The number of anilines is 3. The quantitative estimate of drug-likeness (QED) is 0.343. The minimum Gasteiger partial charge on any atom is -0.495 e. The third-order valence-corrected chi connectivity index (χ3v) is 5.07. The zero-order valence-electron chi connectivity index (χ0n) is 16.3. The van der Waals surface area contributed by atoms with Crippen LogP contribution in [0, 0.1) is 6.92 Å². The number of aromatic nitrogens is 3. The van der Waals surface area contributed by atoms with Crippen LogP contribution in [0.15, 0.2) is 52.0 Å². The first kappa shape index (κ1) is 19.0. The third kappa shape index (κ3) is 4.09. The number of ether oxygens (including phenoxy) is 2. The Kier molecular flexibility index (Phi) is 5.48. The number of aromatic amines is 1. The lowest BCUT2D eigenvalue weighted by molar-refractivity contribution is 0.332. The van der Waals surface area contributed by atoms with Gasteiger partial charge in [0.25, 0.3) is 0 Å². The van der Waals surface area contributed by atoms with E-state index in [1.165, 1.54) is 11.9 Å². The average molecular weight is 411 g/mol. The lowest BCUT2D eigenvalue weighted by Crippen LogP contribution is -1.96. The second-order valence-electron chi connectivity index (χ2n) is 6.26. The Hall–Kier alpha value is -3.33. The highest BCUT2D eigenvalue weighted by Gasteiger charge is 2.15. The maximum absolute atomic E-state index is 5.74. The maximum atomic E-state index is 5.74. The molecule has 2 aromatic carbocycles. The molecule has 0 atom stereocenters. The van der Waals surface area contributed by atoms with E-state index in [4.69, 9.17) is 14.0 Å². The minimum absolute atomic E-state index is 0.604. The highest BCUT2D eigenvalue weighted by molar-refractivity contribution is 8.00. The van der Waals surface area contributed by atoms with E-state index in [0.717, 1.165) is 33.1 Å². The van der Waals surface area contributed by atoms with Gasteiger partial charge in [-0.1, -0.05) is 11.2 Å². The molecule has 4 rings (SSSR count). The summed E-state index contributed by atoms with van der Waals surface area (Å²) in [5, 5.41) is 15.0. The third-order valence-electron chi connectivity index (χ3n) is 4.22. The molecule has 0 amide bonds. The van der Waals surface area contributed by atoms with Gasteiger partial charge < -0.3 is 24.0 Å². The molecule has 2 heterocycles. The molecule has 3 N–H and O–H groups in total. The van der Waals surface area contributed by atoms with E-state index in [1.54, 1.807) is 13.3 Å². The van der Waals surface area contributed by atoms with Crippen LogP contribution >= 0.6 is 11.9 Å². The van der Waals surface area contributed by atoms with Gasteiger partial charge in [0.1, 0.15) is 17.3 Å². The number of benzene rings is 2. The smallest absolute Gasteiger partial charge is 0.187 e. The van der Waals surface area contributed by atoms with Crippen molar-refractivity contribution in [3.63, 3.8) is 0 Å². The van der Waals surface area contributed by atoms with Crippen LogP contribution in [0.5, 0.6) is 11.5 Å². The molecule has 4 aromatic rings. The highest BCUT2D eigenvalue weighted by Crippen LogP contribution is 2.37. The Bertz CT molecular complexity index is 1110. The molecule has 0 radical (unpaired) electrons. The molecule has 2 aromatic heterocycles. The Morgan fingerprint density at radius 1 is 1.17 bits per heavy atom. The number of hydrogen-bond acceptors (Lipinski definition) is 8. The topological polar surface area (TPSA) is 97.2 Å². The molecular formula is C20H21N5O3S. The summed E-state index contributed by atoms with van der Waals surface area (Å²) in [6, 6.07) is 11.6. The van der Waals surface area contributed by atoms with Gasteiger partial charge in [-0.15, -0.1) is 0 Å². The number of fused-ring (bicyclic) bond motifs is 1. The van der Waals surface area contributed by atoms with Crippen molar-refractivity contribution >= 4 is 40.2 Å². The second-order valence-corrected chi connectivity index (χ2v) is 7.11. The van der Waals surface area contributed by atoms with E-state index in [9.17, 15) is 0 Å². The van der Waals surface area contributed by atoms with Crippen molar-refractivity contribution in [3.05, 3.63) is 48.2 Å². The van der Waals surface area contributed by atoms with Crippen molar-refractivity contribution in [1.82, 2.24) is 15.4 Å². The molecule has 0 fully saturated rings. The summed E-state index contributed by atoms with van der Waals surface area (Å²) in [7, 11) is 1.62. The van der Waals surface area contributed by atoms with Gasteiger partial charge in [0.2, 0.25) is 0 Å². The lowest BCUT2D eigenvalue weighted by atomic mass is 10.2. The van der Waals surface area contributed by atoms with Gasteiger partial charge in [-0.25, -0.2) is 0 Å². The Morgan fingerprint density at radius 3 is 2.83 bits per heavy atom. The van der Waals surface area contributed by atoms with Gasteiger partial charge in [0.05, 0.1) is 35.9 Å². The van der Waals surface area contributed by atoms with Crippen LogP contribution in [-0.4, -0.2) is 29.1 Å². The fourth-order valence-electron chi connectivity index (χ4n) is 2.85. The first-order chi connectivity index (χ1) is 14.2. The van der Waals surface area contributed by atoms with E-state index in [2.05, 4.69) is 25.4 Å². The van der Waals surface area contributed by atoms with Crippen molar-refractivity contribution in [2.45, 2.75) is 18.7 Å². The van der Waals surface area contributed by atoms with Crippen molar-refractivity contribution < 1.29 is 14.0 Å². The number of H-pyrrole nitrogens is 1. The first-order valence-electron chi connectivity index (χ1n) is 9.08. The summed E-state index contributed by atoms with van der Waals surface area (Å²) in [4.78, 5) is 0.970. The number of methoxy groups -OCH3 is 1. The Morgan fingerprint density at radius 2 is 2.07 bits per heavy atom. The van der Waals surface area contributed by atoms with Crippen molar-refractivity contribution in [2.75, 3.05) is 23.8 Å². The van der Waals surface area contributed by atoms with E-state index in [-0.39, 0.29) is 0 Å². The van der Waals surface area contributed by atoms with Crippen LogP contribution in [0.1, 0.15) is 12.5 Å². The van der Waals surface area contributed by atoms with Gasteiger partial charge in [-0.3, -0.25) is 5.10 Å². The molecular weight excluding hydrogens is 390 g/mol. The maximum Gasteiger partial charge on any atom is 0.187 e. The molecule has 150 valence electrons. The SMILES string of the molecule is CCOc1cc(C)ccc1SNc1noc2cc(Nc3ccn[nH]3)c(OC)cc12. The number of aryl methyl sites for hydroxylation is 1. The fraction of sp³-hybridized carbons (Fsp3) is 0.200. The van der Waals surface area contributed by atoms with Crippen LogP contribution in [0.4, 0.5) is 17.3 Å². The van der Waals surface area contributed by atoms with Gasteiger partial charge >= 0.3 is 0 Å². The fourth-order valence-corrected chi connectivity index (χ4v) is 3.55. The van der Waals surface area contributed by atoms with E-state index >= 15 is 0 Å². The molecule has 0 aliphatic heterocycles. The number of nitrogens with one attached hydrogen (secondary N) is 3. The molecule has 0 aliphatic rings. The Balaban J connectivity index is 1.59. The summed E-state index contributed by atoms with van der Waals surface area (Å²) < 4.78 is 20.0. The van der Waals surface area contributed by atoms with Gasteiger partial charge in [0, 0.05) is 12.1 Å². The van der Waals surface area contributed by atoms with Crippen molar-refractivity contribution in [1.29, 1.82) is 0 Å². The van der Waals surface area contributed by atoms with E-state index < -0.39 is 0 Å². The molecule has 0 saturated heterocycles. The molecule has 29 heavy (non-hydrogen) atoms. The van der Waals surface area contributed by atoms with Crippen molar-refractivity contribution in [2.24, 2.45) is 0 Å². The molecule has 8 nitrogen and oxygen atoms in total. The van der Waals surface area contributed by atoms with Gasteiger partial charge in [0.15, 0.2) is 11.4 Å². The number of nitrogens with zero attached hydrogens (tertiary/aromatic N) is 2. The number of hydrogen-bond donors (Lipinski definition) is 3. The van der Waals surface area contributed by atoms with Crippen molar-refractivity contribution in [3.8, 4) is 11.5 Å². The average Bonchev–Trinajstić information content (AvgIpc) is 3.37. The Labute approximate surface area is 172 Å². The molecule has 0 aliphatic carbocycles. The predicted molar refractivity (Wildman–Crippen MR) is 114 cm³/mol. The summed E-state index contributed by atoms with van der Waals surface area (Å²) in [5.74, 6) is 2.86. The van der Waals surface area contributed by atoms with Gasteiger partial charge in [-0.05, 0) is 49.6 Å². The van der Waals surface area contributed by atoms with Gasteiger partial charge in [-0.2, -0.15) is 5.10 Å². The predicted octanol–water partition coefficient (Wildman–Crippen LogP) is 5.13. The first-order valence-corrected chi connectivity index (χ1v) is 9.89. The second kappa shape index (κ2) is 8.36. The monoisotopic (exact) mass is 411 g/mol. The normalized spacial score (nSPS) is 10.9. The summed E-state index contributed by atoms with van der Waals surface area (Å²) in [6.07, 6.45) is 1.67. The number of rotatable bonds is 8. The molecule has 0 unspecified atom stereocenters. The standard InChI is InChI=1S/C20H21N5O3S/c1-4-27-17-9-12(2)5-6-18(17)29-25-20-13-10-16(26-3)14(11-15(13)28-24-20)22-19-7-8-21-23-19/h5-11H,4H2,1-3H3,(H,24,25)(H2,21,22,23). The summed E-state index contributed by atoms with van der Waals surface area (Å²) in [6.45, 7) is 4.61. The highest BCUT2D eigenvalue weighted by atomic mass is 32.2. The van der Waals surface area contributed by atoms with Crippen LogP contribution in [0.25, 0.3) is 11.0 Å². The zero-order valence-corrected chi connectivity index (χ0v) is 17.1. The molecule has 0 saturated carbocycles. The van der Waals surface area contributed by atoms with E-state index in [0.29, 0.717) is 23.8 Å². The van der Waals surface area contributed by atoms with Crippen LogP contribution in [0.3, 0.4) is 0 Å². The molecule has 0 spiro atoms. The van der Waals surface area contributed by atoms with Crippen LogP contribution in [0.2, 0.25) is 0 Å². The largest absolute Gasteiger partial charge is 0.495 e. The molecule has 9 heteroatoms. The summed E-state index contributed by atoms with van der Waals surface area (Å²) >= 11 is 1.42. The lowest BCUT2D eigenvalue weighted by Gasteiger charge is -2.11. The molecule has 0 bridgehead atoms. The minimum atomic E-state index is 0.604. The van der Waals surface area contributed by atoms with E-state index in [1.807, 2.05) is 50.2 Å². The van der Waals surface area contributed by atoms with Crippen LogP contribution in [-0.2, 0) is 0 Å². The summed E-state index contributed by atoms with van der Waals surface area (Å²) in [5.41, 5.74) is 2.52. The van der Waals surface area contributed by atoms with Crippen LogP contribution < -0.4 is 19.5 Å². The zero-order chi connectivity index (χ0) is 20.2.